The van der Waals surface area contributed by atoms with Gasteiger partial charge in [0.15, 0.2) is 0 Å². The van der Waals surface area contributed by atoms with Crippen molar-refractivity contribution in [1.82, 2.24) is 19.6 Å². The summed E-state index contributed by atoms with van der Waals surface area (Å²) in [5, 5.41) is 4.04. The molecule has 1 fully saturated rings. The van der Waals surface area contributed by atoms with Crippen molar-refractivity contribution in [2.75, 3.05) is 26.7 Å². The van der Waals surface area contributed by atoms with Crippen LogP contribution >= 0.6 is 24.8 Å². The number of halogens is 2. The third-order valence-electron chi connectivity index (χ3n) is 3.61. The second kappa shape index (κ2) is 8.97. The molecular weight excluding hydrogens is 329 g/mol. The Morgan fingerprint density at radius 2 is 2.14 bits per heavy atom. The molecule has 22 heavy (non-hydrogen) atoms. The lowest BCUT2D eigenvalue weighted by Crippen LogP contribution is -2.43. The van der Waals surface area contributed by atoms with Gasteiger partial charge in [0.05, 0.1) is 6.54 Å². The second-order valence-electron chi connectivity index (χ2n) is 5.24. The van der Waals surface area contributed by atoms with Crippen molar-refractivity contribution in [3.63, 3.8) is 0 Å². The van der Waals surface area contributed by atoms with Gasteiger partial charge in [-0.25, -0.2) is 0 Å². The largest absolute Gasteiger partial charge is 0.340 e. The standard InChI is InChI=1S/C13H21N5O2.2ClH/c1-10(18-6-3-5-15-18)13(20)16(2)9-12(19)17-7-4-11(14)8-17;;/h3,5-6,10-11H,4,7-9,14H2,1-2H3;2*1H/t10?,11-;;/m1../s1. The maximum Gasteiger partial charge on any atom is 0.247 e. The van der Waals surface area contributed by atoms with Crippen molar-refractivity contribution >= 4 is 36.6 Å². The van der Waals surface area contributed by atoms with Crippen LogP contribution in [0.3, 0.4) is 0 Å². The maximum atomic E-state index is 12.2. The van der Waals surface area contributed by atoms with Crippen LogP contribution in [0.25, 0.3) is 0 Å². The number of amides is 2. The number of rotatable bonds is 4. The fourth-order valence-corrected chi connectivity index (χ4v) is 2.34. The molecule has 2 amide bonds. The molecule has 0 spiro atoms. The summed E-state index contributed by atoms with van der Waals surface area (Å²) in [6.45, 7) is 3.10. The lowest BCUT2D eigenvalue weighted by Gasteiger charge is -2.24. The van der Waals surface area contributed by atoms with E-state index in [0.717, 1.165) is 6.42 Å². The van der Waals surface area contributed by atoms with Crippen molar-refractivity contribution in [1.29, 1.82) is 0 Å². The van der Waals surface area contributed by atoms with E-state index in [1.165, 1.54) is 4.90 Å². The van der Waals surface area contributed by atoms with Crippen LogP contribution in [-0.4, -0.2) is 64.1 Å². The fourth-order valence-electron chi connectivity index (χ4n) is 2.34. The zero-order valence-electron chi connectivity index (χ0n) is 12.7. The highest BCUT2D eigenvalue weighted by Crippen LogP contribution is 2.10. The molecule has 9 heteroatoms. The van der Waals surface area contributed by atoms with Gasteiger partial charge in [0.25, 0.3) is 0 Å². The molecule has 7 nitrogen and oxygen atoms in total. The van der Waals surface area contributed by atoms with Gasteiger partial charge in [-0.1, -0.05) is 0 Å². The first-order chi connectivity index (χ1) is 9.49. The molecule has 1 aromatic heterocycles. The van der Waals surface area contributed by atoms with E-state index in [4.69, 9.17) is 5.73 Å². The highest BCUT2D eigenvalue weighted by atomic mass is 35.5. The quantitative estimate of drug-likeness (QED) is 0.845. The van der Waals surface area contributed by atoms with Gasteiger partial charge in [-0.3, -0.25) is 14.3 Å². The summed E-state index contributed by atoms with van der Waals surface area (Å²) in [6, 6.07) is 1.41. The average Bonchev–Trinajstić information content (AvgIpc) is 3.07. The molecule has 1 saturated heterocycles. The van der Waals surface area contributed by atoms with E-state index in [1.54, 1.807) is 42.0 Å². The minimum atomic E-state index is -0.413. The van der Waals surface area contributed by atoms with E-state index in [0.29, 0.717) is 13.1 Å². The number of hydrogen-bond donors (Lipinski definition) is 1. The van der Waals surface area contributed by atoms with Crippen LogP contribution in [-0.2, 0) is 9.59 Å². The summed E-state index contributed by atoms with van der Waals surface area (Å²) in [5.74, 6) is -0.188. The lowest BCUT2D eigenvalue weighted by atomic mass is 10.3. The number of nitrogens with two attached hydrogens (primary N) is 1. The zero-order valence-corrected chi connectivity index (χ0v) is 14.3. The van der Waals surface area contributed by atoms with Crippen LogP contribution < -0.4 is 5.73 Å². The SMILES string of the molecule is CC(C(=O)N(C)CC(=O)N1CC[C@@H](N)C1)n1cccn1.Cl.Cl. The van der Waals surface area contributed by atoms with Crippen LogP contribution in [0.1, 0.15) is 19.4 Å². The Morgan fingerprint density at radius 3 is 2.64 bits per heavy atom. The molecule has 2 atom stereocenters. The van der Waals surface area contributed by atoms with Gasteiger partial charge in [-0.2, -0.15) is 5.10 Å². The van der Waals surface area contributed by atoms with Crippen LogP contribution in [0, 0.1) is 0 Å². The third kappa shape index (κ3) is 4.86. The molecule has 1 aliphatic rings. The Hall–Kier alpha value is -1.31. The second-order valence-corrected chi connectivity index (χ2v) is 5.24. The summed E-state index contributed by atoms with van der Waals surface area (Å²) in [6.07, 6.45) is 4.19. The summed E-state index contributed by atoms with van der Waals surface area (Å²) >= 11 is 0. The van der Waals surface area contributed by atoms with Crippen molar-refractivity contribution in [3.8, 4) is 0 Å². The first-order valence-electron chi connectivity index (χ1n) is 6.76. The predicted octanol–water partition coefficient (Wildman–Crippen LogP) is 0.306. The molecule has 1 unspecified atom stereocenters. The summed E-state index contributed by atoms with van der Waals surface area (Å²) < 4.78 is 1.58. The van der Waals surface area contributed by atoms with E-state index in [2.05, 4.69) is 5.10 Å². The monoisotopic (exact) mass is 351 g/mol. The van der Waals surface area contributed by atoms with Gasteiger partial charge in [-0.15, -0.1) is 24.8 Å². The van der Waals surface area contributed by atoms with E-state index >= 15 is 0 Å². The van der Waals surface area contributed by atoms with Crippen molar-refractivity contribution in [3.05, 3.63) is 18.5 Å². The number of carbonyl (C=O) groups is 2. The number of carbonyl (C=O) groups excluding carboxylic acids is 2. The Bertz CT molecular complexity index is 483. The van der Waals surface area contributed by atoms with Crippen molar-refractivity contribution < 1.29 is 9.59 Å². The Balaban J connectivity index is 0.00000220. The molecule has 2 N–H and O–H groups in total. The highest BCUT2D eigenvalue weighted by molar-refractivity contribution is 5.86. The Labute approximate surface area is 142 Å². The molecule has 1 aliphatic heterocycles. The van der Waals surface area contributed by atoms with Crippen molar-refractivity contribution in [2.24, 2.45) is 5.73 Å². The molecule has 0 radical (unpaired) electrons. The average molecular weight is 352 g/mol. The minimum Gasteiger partial charge on any atom is -0.340 e. The van der Waals surface area contributed by atoms with E-state index in [9.17, 15) is 9.59 Å². The van der Waals surface area contributed by atoms with E-state index in [-0.39, 0.29) is 49.2 Å². The van der Waals surface area contributed by atoms with Crippen LogP contribution in [0.2, 0.25) is 0 Å². The van der Waals surface area contributed by atoms with Crippen LogP contribution in [0.5, 0.6) is 0 Å². The van der Waals surface area contributed by atoms with Gasteiger partial charge in [-0.05, 0) is 19.4 Å². The van der Waals surface area contributed by atoms with E-state index < -0.39 is 6.04 Å². The van der Waals surface area contributed by atoms with Gasteiger partial charge in [0.1, 0.15) is 6.04 Å². The number of nitrogens with zero attached hydrogens (tertiary/aromatic N) is 4. The summed E-state index contributed by atoms with van der Waals surface area (Å²) in [5.41, 5.74) is 5.78. The van der Waals surface area contributed by atoms with Crippen LogP contribution in [0.15, 0.2) is 18.5 Å². The highest BCUT2D eigenvalue weighted by Gasteiger charge is 2.27. The molecule has 1 aromatic rings. The molecule has 126 valence electrons. The number of aromatic nitrogens is 2. The summed E-state index contributed by atoms with van der Waals surface area (Å²) in [4.78, 5) is 27.5. The van der Waals surface area contributed by atoms with Gasteiger partial charge >= 0.3 is 0 Å². The topological polar surface area (TPSA) is 84.5 Å². The molecule has 0 aromatic carbocycles. The molecule has 0 saturated carbocycles. The molecule has 2 heterocycles. The van der Waals surface area contributed by atoms with Gasteiger partial charge in [0.2, 0.25) is 11.8 Å². The summed E-state index contributed by atoms with van der Waals surface area (Å²) in [7, 11) is 1.64. The zero-order chi connectivity index (χ0) is 14.7. The predicted molar refractivity (Wildman–Crippen MR) is 88.2 cm³/mol. The first-order valence-corrected chi connectivity index (χ1v) is 6.76. The number of hydrogen-bond acceptors (Lipinski definition) is 4. The maximum absolute atomic E-state index is 12.2. The van der Waals surface area contributed by atoms with Gasteiger partial charge in [0, 0.05) is 38.6 Å². The molecular formula is C13H23Cl2N5O2. The normalized spacial score (nSPS) is 18.1. The minimum absolute atomic E-state index is 0. The van der Waals surface area contributed by atoms with E-state index in [1.807, 2.05) is 0 Å². The Morgan fingerprint density at radius 1 is 1.45 bits per heavy atom. The molecule has 2 rings (SSSR count). The van der Waals surface area contributed by atoms with Crippen molar-refractivity contribution in [2.45, 2.75) is 25.4 Å². The third-order valence-corrected chi connectivity index (χ3v) is 3.61. The fraction of sp³-hybridized carbons (Fsp3) is 0.615. The van der Waals surface area contributed by atoms with Gasteiger partial charge < -0.3 is 15.5 Å². The molecule has 0 aliphatic carbocycles. The smallest absolute Gasteiger partial charge is 0.247 e. The lowest BCUT2D eigenvalue weighted by molar-refractivity contribution is -0.140. The Kier molecular flexibility index (Phi) is 8.44. The van der Waals surface area contributed by atoms with Crippen LogP contribution in [0.4, 0.5) is 0 Å². The number of likely N-dealkylation sites (tertiary alicyclic amines) is 1. The number of likely N-dealkylation sites (N-methyl/N-ethyl adjacent to an activating group) is 1. The molecule has 0 bridgehead atoms. The first kappa shape index (κ1) is 20.7.